The van der Waals surface area contributed by atoms with Gasteiger partial charge in [-0.2, -0.15) is 0 Å². The second-order valence-electron chi connectivity index (χ2n) is 3.12. The Morgan fingerprint density at radius 1 is 1.31 bits per heavy atom. The van der Waals surface area contributed by atoms with Crippen LogP contribution >= 0.6 is 0 Å². The predicted molar refractivity (Wildman–Crippen MR) is 38.6 cm³/mol. The van der Waals surface area contributed by atoms with Crippen molar-refractivity contribution in [2.24, 2.45) is 0 Å². The number of hydrogen-bond acceptors (Lipinski definition) is 6. The van der Waals surface area contributed by atoms with Crippen molar-refractivity contribution in [3.05, 3.63) is 0 Å². The summed E-state index contributed by atoms with van der Waals surface area (Å²) in [5.41, 5.74) is 0. The Hall–Kier alpha value is -0.240. The van der Waals surface area contributed by atoms with Gasteiger partial charge in [0.2, 0.25) is 0 Å². The first-order chi connectivity index (χ1) is 6.24. The second kappa shape index (κ2) is 3.49. The molecule has 2 aliphatic rings. The van der Waals surface area contributed by atoms with Crippen LogP contribution in [0.15, 0.2) is 0 Å². The van der Waals surface area contributed by atoms with Gasteiger partial charge >= 0.3 is 0 Å². The summed E-state index contributed by atoms with van der Waals surface area (Å²) in [5, 5.41) is 27.4. The zero-order valence-electron chi connectivity index (χ0n) is 6.87. The SMILES string of the molecule is OCO[C@H]1[C@@H](O)[C@H](O)[C@@H]2OC[C@H]1O2. The van der Waals surface area contributed by atoms with Crippen molar-refractivity contribution in [2.45, 2.75) is 30.7 Å². The molecule has 5 atom stereocenters. The smallest absolute Gasteiger partial charge is 0.186 e. The Morgan fingerprint density at radius 3 is 2.77 bits per heavy atom. The van der Waals surface area contributed by atoms with E-state index in [4.69, 9.17) is 19.3 Å². The quantitative estimate of drug-likeness (QED) is 0.430. The van der Waals surface area contributed by atoms with Gasteiger partial charge in [-0.25, -0.2) is 0 Å². The molecule has 6 nitrogen and oxygen atoms in total. The van der Waals surface area contributed by atoms with Gasteiger partial charge in [0.25, 0.3) is 0 Å². The van der Waals surface area contributed by atoms with Crippen LogP contribution in [0.25, 0.3) is 0 Å². The Morgan fingerprint density at radius 2 is 2.08 bits per heavy atom. The van der Waals surface area contributed by atoms with E-state index in [-0.39, 0.29) is 6.61 Å². The molecular weight excluding hydrogens is 180 g/mol. The summed E-state index contributed by atoms with van der Waals surface area (Å²) in [4.78, 5) is 0. The Balaban J connectivity index is 2.08. The molecule has 0 aromatic carbocycles. The summed E-state index contributed by atoms with van der Waals surface area (Å²) < 4.78 is 15.1. The van der Waals surface area contributed by atoms with Crippen LogP contribution in [0.2, 0.25) is 0 Å². The van der Waals surface area contributed by atoms with Gasteiger partial charge < -0.3 is 29.5 Å². The van der Waals surface area contributed by atoms with Crippen molar-refractivity contribution < 1.29 is 29.5 Å². The molecule has 0 unspecified atom stereocenters. The van der Waals surface area contributed by atoms with Crippen LogP contribution in [0.5, 0.6) is 0 Å². The summed E-state index contributed by atoms with van der Waals surface area (Å²) in [7, 11) is 0. The Bertz CT molecular complexity index is 186. The largest absolute Gasteiger partial charge is 0.387 e. The molecule has 0 saturated carbocycles. The third-order valence-corrected chi connectivity index (χ3v) is 2.33. The maximum atomic E-state index is 9.50. The monoisotopic (exact) mass is 192 g/mol. The van der Waals surface area contributed by atoms with Crippen molar-refractivity contribution in [3.8, 4) is 0 Å². The lowest BCUT2D eigenvalue weighted by Crippen LogP contribution is -2.54. The summed E-state index contributed by atoms with van der Waals surface area (Å²) >= 11 is 0. The van der Waals surface area contributed by atoms with Crippen LogP contribution in [0.4, 0.5) is 0 Å². The molecule has 0 aromatic heterocycles. The van der Waals surface area contributed by atoms with E-state index in [1.807, 2.05) is 0 Å². The first-order valence-electron chi connectivity index (χ1n) is 4.09. The normalized spacial score (nSPS) is 49.6. The van der Waals surface area contributed by atoms with Crippen molar-refractivity contribution in [1.82, 2.24) is 0 Å². The highest BCUT2D eigenvalue weighted by molar-refractivity contribution is 4.93. The van der Waals surface area contributed by atoms with E-state index in [0.717, 1.165) is 0 Å². The lowest BCUT2D eigenvalue weighted by Gasteiger charge is -2.34. The van der Waals surface area contributed by atoms with E-state index in [9.17, 15) is 10.2 Å². The van der Waals surface area contributed by atoms with E-state index < -0.39 is 37.5 Å². The fourth-order valence-corrected chi connectivity index (χ4v) is 1.66. The minimum absolute atomic E-state index is 0.267. The fourth-order valence-electron chi connectivity index (χ4n) is 1.66. The standard InChI is InChI=1S/C7H12O6/c8-2-12-6-3-1-11-7(13-3)5(10)4(6)9/h3-10H,1-2H2/t3-,4+,5+,6-,7-/m1/s1. The maximum Gasteiger partial charge on any atom is 0.186 e. The summed E-state index contributed by atoms with van der Waals surface area (Å²) in [6, 6.07) is 0. The lowest BCUT2D eigenvalue weighted by atomic mass is 10.0. The van der Waals surface area contributed by atoms with Crippen LogP contribution in [0.1, 0.15) is 0 Å². The molecule has 0 amide bonds. The minimum atomic E-state index is -1.12. The van der Waals surface area contributed by atoms with Gasteiger partial charge in [0.05, 0.1) is 6.61 Å². The minimum Gasteiger partial charge on any atom is -0.387 e. The predicted octanol–water partition coefficient (Wildman–Crippen LogP) is -2.20. The molecule has 2 aliphatic heterocycles. The molecule has 2 fully saturated rings. The Kier molecular flexibility index (Phi) is 2.50. The van der Waals surface area contributed by atoms with Gasteiger partial charge in [-0.3, -0.25) is 0 Å². The molecule has 2 bridgehead atoms. The molecule has 0 spiro atoms. The van der Waals surface area contributed by atoms with Gasteiger partial charge in [-0.15, -0.1) is 0 Å². The van der Waals surface area contributed by atoms with Crippen molar-refractivity contribution in [2.75, 3.05) is 13.4 Å². The van der Waals surface area contributed by atoms with Crippen LogP contribution in [0, 0.1) is 0 Å². The fraction of sp³-hybridized carbons (Fsp3) is 1.00. The van der Waals surface area contributed by atoms with Crippen molar-refractivity contribution in [3.63, 3.8) is 0 Å². The molecule has 0 aromatic rings. The number of fused-ring (bicyclic) bond motifs is 2. The van der Waals surface area contributed by atoms with E-state index in [2.05, 4.69) is 0 Å². The molecular formula is C7H12O6. The molecule has 2 saturated heterocycles. The first-order valence-corrected chi connectivity index (χ1v) is 4.09. The van der Waals surface area contributed by atoms with E-state index in [0.29, 0.717) is 0 Å². The topological polar surface area (TPSA) is 88.4 Å². The molecule has 0 radical (unpaired) electrons. The van der Waals surface area contributed by atoms with Gasteiger partial charge in [-0.1, -0.05) is 0 Å². The van der Waals surface area contributed by atoms with Crippen LogP contribution in [-0.2, 0) is 14.2 Å². The number of aliphatic hydroxyl groups is 3. The van der Waals surface area contributed by atoms with Gasteiger partial charge in [0, 0.05) is 0 Å². The molecule has 2 heterocycles. The molecule has 2 rings (SSSR count). The van der Waals surface area contributed by atoms with Gasteiger partial charge in [-0.05, 0) is 0 Å². The highest BCUT2D eigenvalue weighted by Gasteiger charge is 2.50. The first kappa shape index (κ1) is 9.32. The zero-order chi connectivity index (χ0) is 9.42. The summed E-state index contributed by atoms with van der Waals surface area (Å²) in [5.74, 6) is 0. The highest BCUT2D eigenvalue weighted by Crippen LogP contribution is 2.29. The number of hydrogen-bond donors (Lipinski definition) is 3. The van der Waals surface area contributed by atoms with Gasteiger partial charge in [0.1, 0.15) is 31.2 Å². The number of ether oxygens (including phenoxy) is 3. The molecule has 76 valence electrons. The van der Waals surface area contributed by atoms with Gasteiger partial charge in [0.15, 0.2) is 6.29 Å². The maximum absolute atomic E-state index is 9.50. The van der Waals surface area contributed by atoms with Crippen molar-refractivity contribution >= 4 is 0 Å². The highest BCUT2D eigenvalue weighted by atomic mass is 16.7. The molecule has 3 N–H and O–H groups in total. The average molecular weight is 192 g/mol. The summed E-state index contributed by atoms with van der Waals surface area (Å²) in [6.07, 6.45) is -4.08. The number of aliphatic hydroxyl groups excluding tert-OH is 3. The van der Waals surface area contributed by atoms with Crippen LogP contribution in [0.3, 0.4) is 0 Å². The van der Waals surface area contributed by atoms with E-state index >= 15 is 0 Å². The van der Waals surface area contributed by atoms with Crippen LogP contribution < -0.4 is 0 Å². The molecule has 0 aliphatic carbocycles. The summed E-state index contributed by atoms with van der Waals surface area (Å²) in [6.45, 7) is -0.248. The zero-order valence-corrected chi connectivity index (χ0v) is 6.87. The second-order valence-corrected chi connectivity index (χ2v) is 3.12. The third kappa shape index (κ3) is 1.45. The molecule has 6 heteroatoms. The number of rotatable bonds is 2. The van der Waals surface area contributed by atoms with E-state index in [1.165, 1.54) is 0 Å². The van der Waals surface area contributed by atoms with Crippen molar-refractivity contribution in [1.29, 1.82) is 0 Å². The average Bonchev–Trinajstić information content (AvgIpc) is 2.56. The third-order valence-electron chi connectivity index (χ3n) is 2.33. The lowest BCUT2D eigenvalue weighted by molar-refractivity contribution is -0.248. The van der Waals surface area contributed by atoms with Crippen LogP contribution in [-0.4, -0.2) is 59.4 Å². The Labute approximate surface area is 74.6 Å². The molecule has 13 heavy (non-hydrogen) atoms. The van der Waals surface area contributed by atoms with E-state index in [1.54, 1.807) is 0 Å².